The molecule has 4 unspecified atom stereocenters. The summed E-state index contributed by atoms with van der Waals surface area (Å²) in [6.07, 6.45) is 12.1. The van der Waals surface area contributed by atoms with Gasteiger partial charge in [-0.1, -0.05) is 0 Å². The van der Waals surface area contributed by atoms with Crippen molar-refractivity contribution >= 4 is 21.6 Å². The molecule has 6 rings (SSSR count). The molecule has 0 N–H and O–H groups in total. The predicted octanol–water partition coefficient (Wildman–Crippen LogP) is 4.82. The van der Waals surface area contributed by atoms with Crippen LogP contribution in [-0.2, 0) is 0 Å². The molecule has 0 aliphatic heterocycles. The molecule has 2 aromatic rings. The number of fused-ring (bicyclic) bond motifs is 6. The van der Waals surface area contributed by atoms with Crippen molar-refractivity contribution in [3.63, 3.8) is 0 Å². The van der Waals surface area contributed by atoms with Gasteiger partial charge >= 0.3 is 0 Å². The lowest BCUT2D eigenvalue weighted by atomic mass is 9.82. The molecule has 2 bridgehead atoms. The highest BCUT2D eigenvalue weighted by molar-refractivity contribution is 9.10. The van der Waals surface area contributed by atoms with Gasteiger partial charge in [-0.25, -0.2) is 0 Å². The van der Waals surface area contributed by atoms with Crippen molar-refractivity contribution in [3.8, 4) is 5.75 Å². The molecular weight excluding hydrogens is 378 g/mol. The molecule has 132 valence electrons. The molecule has 25 heavy (non-hydrogen) atoms. The lowest BCUT2D eigenvalue weighted by Gasteiger charge is -2.23. The van der Waals surface area contributed by atoms with E-state index in [9.17, 15) is 0 Å². The minimum Gasteiger partial charge on any atom is -0.493 e. The molecule has 0 radical (unpaired) electrons. The first kappa shape index (κ1) is 15.0. The highest BCUT2D eigenvalue weighted by atomic mass is 79.9. The van der Waals surface area contributed by atoms with Crippen molar-refractivity contribution in [1.82, 2.24) is 14.6 Å². The van der Waals surface area contributed by atoms with Crippen LogP contribution in [0.25, 0.3) is 5.65 Å². The first-order valence-corrected chi connectivity index (χ1v) is 10.7. The molecule has 4 aliphatic carbocycles. The molecule has 4 atom stereocenters. The third kappa shape index (κ3) is 2.37. The zero-order valence-electron chi connectivity index (χ0n) is 14.4. The second-order valence-electron chi connectivity index (χ2n) is 8.87. The Bertz CT molecular complexity index is 812. The maximum Gasteiger partial charge on any atom is 0.204 e. The molecule has 0 saturated heterocycles. The maximum absolute atomic E-state index is 6.40. The van der Waals surface area contributed by atoms with Crippen LogP contribution in [0.2, 0.25) is 0 Å². The van der Waals surface area contributed by atoms with E-state index < -0.39 is 0 Å². The number of hydrogen-bond donors (Lipinski definition) is 0. The zero-order chi connectivity index (χ0) is 16.5. The van der Waals surface area contributed by atoms with E-state index in [0.29, 0.717) is 5.92 Å². The fourth-order valence-corrected chi connectivity index (χ4v) is 6.57. The van der Waals surface area contributed by atoms with Crippen molar-refractivity contribution in [3.05, 3.63) is 22.6 Å². The topological polar surface area (TPSA) is 39.4 Å². The normalized spacial score (nSPS) is 36.3. The SMILES string of the molecule is Brc1nnc2cc(OCC3CC4C5CCC(C5)C4C3)c(C3CC3)cn12. The van der Waals surface area contributed by atoms with Crippen LogP contribution in [0.5, 0.6) is 5.75 Å². The average molecular weight is 402 g/mol. The third-order valence-electron chi connectivity index (χ3n) is 7.47. The summed E-state index contributed by atoms with van der Waals surface area (Å²) in [5.74, 6) is 6.60. The molecule has 0 amide bonds. The second-order valence-corrected chi connectivity index (χ2v) is 9.58. The Hall–Kier alpha value is -1.10. The summed E-state index contributed by atoms with van der Waals surface area (Å²) in [5.41, 5.74) is 2.21. The van der Waals surface area contributed by atoms with Crippen molar-refractivity contribution in [1.29, 1.82) is 0 Å². The van der Waals surface area contributed by atoms with Gasteiger partial charge in [-0.2, -0.15) is 0 Å². The minimum atomic E-state index is 0.660. The molecule has 5 heteroatoms. The van der Waals surface area contributed by atoms with Gasteiger partial charge in [-0.05, 0) is 96.4 Å². The molecule has 2 aromatic heterocycles. The van der Waals surface area contributed by atoms with Crippen LogP contribution in [0.3, 0.4) is 0 Å². The molecule has 4 aliphatic rings. The monoisotopic (exact) mass is 401 g/mol. The van der Waals surface area contributed by atoms with Crippen LogP contribution < -0.4 is 4.74 Å². The zero-order valence-corrected chi connectivity index (χ0v) is 16.0. The van der Waals surface area contributed by atoms with Crippen LogP contribution in [-0.4, -0.2) is 21.2 Å². The summed E-state index contributed by atoms with van der Waals surface area (Å²) >= 11 is 3.48. The van der Waals surface area contributed by atoms with Crippen LogP contribution in [0.15, 0.2) is 17.0 Å². The predicted molar refractivity (Wildman–Crippen MR) is 98.7 cm³/mol. The first-order chi connectivity index (χ1) is 12.3. The Morgan fingerprint density at radius 2 is 1.80 bits per heavy atom. The van der Waals surface area contributed by atoms with E-state index >= 15 is 0 Å². The van der Waals surface area contributed by atoms with Gasteiger partial charge in [0, 0.05) is 17.8 Å². The molecule has 0 aromatic carbocycles. The van der Waals surface area contributed by atoms with E-state index in [2.05, 4.69) is 38.4 Å². The van der Waals surface area contributed by atoms with Crippen molar-refractivity contribution in [2.75, 3.05) is 6.61 Å². The minimum absolute atomic E-state index is 0.660. The van der Waals surface area contributed by atoms with Crippen molar-refractivity contribution in [2.45, 2.75) is 50.9 Å². The highest BCUT2D eigenvalue weighted by Crippen LogP contribution is 2.60. The summed E-state index contributed by atoms with van der Waals surface area (Å²) in [5, 5.41) is 8.37. The second kappa shape index (κ2) is 5.45. The average Bonchev–Trinajstić information content (AvgIpc) is 2.98. The molecule has 4 nitrogen and oxygen atoms in total. The quantitative estimate of drug-likeness (QED) is 0.736. The van der Waals surface area contributed by atoms with E-state index in [4.69, 9.17) is 4.74 Å². The summed E-state index contributed by atoms with van der Waals surface area (Å²) in [6.45, 7) is 0.887. The smallest absolute Gasteiger partial charge is 0.204 e. The fourth-order valence-electron chi connectivity index (χ4n) is 6.20. The Morgan fingerprint density at radius 1 is 1.04 bits per heavy atom. The number of ether oxygens (including phenoxy) is 1. The van der Waals surface area contributed by atoms with Gasteiger partial charge in [0.05, 0.1) is 6.61 Å². The fraction of sp³-hybridized carbons (Fsp3) is 0.700. The molecule has 4 fully saturated rings. The summed E-state index contributed by atoms with van der Waals surface area (Å²) < 4.78 is 9.20. The summed E-state index contributed by atoms with van der Waals surface area (Å²) in [7, 11) is 0. The summed E-state index contributed by atoms with van der Waals surface area (Å²) in [6, 6.07) is 2.09. The Morgan fingerprint density at radius 3 is 2.52 bits per heavy atom. The van der Waals surface area contributed by atoms with E-state index in [-0.39, 0.29) is 0 Å². The van der Waals surface area contributed by atoms with Crippen molar-refractivity contribution in [2.24, 2.45) is 29.6 Å². The highest BCUT2D eigenvalue weighted by Gasteiger charge is 2.51. The number of pyridine rings is 1. The Balaban J connectivity index is 1.21. The van der Waals surface area contributed by atoms with Crippen LogP contribution in [0, 0.1) is 29.6 Å². The lowest BCUT2D eigenvalue weighted by molar-refractivity contribution is 0.237. The van der Waals surface area contributed by atoms with Crippen LogP contribution in [0.4, 0.5) is 0 Å². The standard InChI is InChI=1S/C20H24BrN3O/c21-20-23-22-19-8-18(17(9-24(19)20)12-1-2-12)25-10-11-5-15-13-3-4-14(7-13)16(15)6-11/h8-9,11-16H,1-7,10H2. The van der Waals surface area contributed by atoms with Crippen LogP contribution >= 0.6 is 15.9 Å². The number of halogens is 1. The molecule has 4 saturated carbocycles. The number of hydrogen-bond acceptors (Lipinski definition) is 3. The van der Waals surface area contributed by atoms with E-state index in [0.717, 1.165) is 52.3 Å². The van der Waals surface area contributed by atoms with Gasteiger partial charge in [-0.15, -0.1) is 10.2 Å². The molecular formula is C20H24BrN3O. The number of rotatable bonds is 4. The van der Waals surface area contributed by atoms with Gasteiger partial charge in [0.25, 0.3) is 0 Å². The maximum atomic E-state index is 6.40. The molecule has 0 spiro atoms. The first-order valence-electron chi connectivity index (χ1n) is 9.93. The van der Waals surface area contributed by atoms with E-state index in [1.807, 2.05) is 4.40 Å². The summed E-state index contributed by atoms with van der Waals surface area (Å²) in [4.78, 5) is 0. The van der Waals surface area contributed by atoms with Gasteiger partial charge in [0.2, 0.25) is 4.73 Å². The van der Waals surface area contributed by atoms with Gasteiger partial charge in [0.1, 0.15) is 5.75 Å². The third-order valence-corrected chi connectivity index (χ3v) is 8.01. The van der Waals surface area contributed by atoms with Gasteiger partial charge in [-0.3, -0.25) is 4.40 Å². The van der Waals surface area contributed by atoms with Gasteiger partial charge < -0.3 is 4.74 Å². The van der Waals surface area contributed by atoms with Crippen LogP contribution in [0.1, 0.15) is 56.4 Å². The van der Waals surface area contributed by atoms with E-state index in [1.165, 1.54) is 50.5 Å². The number of aromatic nitrogens is 3. The Labute approximate surface area is 156 Å². The lowest BCUT2D eigenvalue weighted by Crippen LogP contribution is -2.15. The molecule has 2 heterocycles. The number of nitrogens with zero attached hydrogens (tertiary/aromatic N) is 3. The van der Waals surface area contributed by atoms with Gasteiger partial charge in [0.15, 0.2) is 5.65 Å². The van der Waals surface area contributed by atoms with Crippen molar-refractivity contribution < 1.29 is 4.74 Å². The Kier molecular flexibility index (Phi) is 3.27. The largest absolute Gasteiger partial charge is 0.493 e. The van der Waals surface area contributed by atoms with E-state index in [1.54, 1.807) is 0 Å².